The van der Waals surface area contributed by atoms with E-state index in [-0.39, 0.29) is 48.3 Å². The smallest absolute Gasteiger partial charge is 1.00 e. The maximum atomic E-state index is 11.2. The van der Waals surface area contributed by atoms with Crippen molar-refractivity contribution in [1.29, 1.82) is 0 Å². The quantitative estimate of drug-likeness (QED) is 0.264. The molecule has 0 aromatic carbocycles. The minimum atomic E-state index is -0.489. The molecule has 0 N–H and O–H groups in total. The van der Waals surface area contributed by atoms with Crippen molar-refractivity contribution < 1.29 is 21.9 Å². The number of esters is 2. The molecule has 0 heterocycles. The van der Waals surface area contributed by atoms with Crippen LogP contribution < -0.4 is 0 Å². The van der Waals surface area contributed by atoms with Gasteiger partial charge in [-0.05, 0) is 12.8 Å². The monoisotopic (exact) mass is 346 g/mol. The summed E-state index contributed by atoms with van der Waals surface area (Å²) < 4.78 is 9.81. The molecule has 0 fully saturated rings. The van der Waals surface area contributed by atoms with E-state index >= 15 is 0 Å². The van der Waals surface area contributed by atoms with Gasteiger partial charge in [-0.3, -0.25) is 0 Å². The van der Waals surface area contributed by atoms with Gasteiger partial charge < -0.3 is 12.3 Å². The van der Waals surface area contributed by atoms with Gasteiger partial charge in [-0.25, -0.2) is 9.59 Å². The Kier molecular flexibility index (Phi) is 18.3. The van der Waals surface area contributed by atoms with E-state index in [2.05, 4.69) is 13.8 Å². The van der Waals surface area contributed by atoms with Crippen molar-refractivity contribution in [2.75, 3.05) is 13.2 Å². The van der Waals surface area contributed by atoms with Gasteiger partial charge in [-0.2, -0.15) is 0 Å². The fraction of sp³-hybridized carbons (Fsp3) is 0.714. The normalized spacial score (nSPS) is 10.0. The van der Waals surface area contributed by atoms with E-state index in [1.807, 2.05) is 0 Å². The summed E-state index contributed by atoms with van der Waals surface area (Å²) in [6, 6.07) is 0. The molecular formula is C14H26O4Sr. The predicted molar refractivity (Wildman–Crippen MR) is 78.1 cm³/mol. The van der Waals surface area contributed by atoms with Crippen molar-refractivity contribution in [2.45, 2.75) is 52.4 Å². The van der Waals surface area contributed by atoms with Gasteiger partial charge in [0.25, 0.3) is 0 Å². The summed E-state index contributed by atoms with van der Waals surface area (Å²) >= 11 is 0. The zero-order valence-corrected chi connectivity index (χ0v) is 15.6. The first-order chi connectivity index (χ1) is 8.70. The fourth-order valence-electron chi connectivity index (χ4n) is 1.28. The Labute approximate surface area is 156 Å². The van der Waals surface area contributed by atoms with Crippen molar-refractivity contribution >= 4 is 57.4 Å². The van der Waals surface area contributed by atoms with Gasteiger partial charge in [-0.1, -0.05) is 39.5 Å². The van der Waals surface area contributed by atoms with Crippen LogP contribution in [-0.2, 0) is 19.1 Å². The standard InChI is InChI=1S/C14H24O4.Sr.2H/c1-3-5-7-11-17-13(15)9-10-14(16)18-12-8-6-4-2;;;/h9-10H,3-8,11-12H2,1-2H3;;;/q;+2;2*-1/b10-9+;;;. The largest absolute Gasteiger partial charge is 2.00 e. The van der Waals surface area contributed by atoms with Gasteiger partial charge in [-0.15, -0.1) is 0 Å². The molecule has 0 aliphatic rings. The van der Waals surface area contributed by atoms with Crippen molar-refractivity contribution in [2.24, 2.45) is 0 Å². The maximum absolute atomic E-state index is 11.2. The van der Waals surface area contributed by atoms with E-state index in [0.29, 0.717) is 13.2 Å². The van der Waals surface area contributed by atoms with E-state index in [1.165, 1.54) is 0 Å². The molecule has 0 spiro atoms. The molecule has 19 heavy (non-hydrogen) atoms. The van der Waals surface area contributed by atoms with Gasteiger partial charge in [0.1, 0.15) is 0 Å². The second kappa shape index (κ2) is 16.2. The molecule has 0 aromatic rings. The van der Waals surface area contributed by atoms with Crippen LogP contribution in [0.2, 0.25) is 0 Å². The average Bonchev–Trinajstić information content (AvgIpc) is 2.37. The van der Waals surface area contributed by atoms with Crippen molar-refractivity contribution in [3.05, 3.63) is 12.2 Å². The Morgan fingerprint density at radius 2 is 1.21 bits per heavy atom. The molecule has 0 unspecified atom stereocenters. The predicted octanol–water partition coefficient (Wildman–Crippen LogP) is 2.85. The van der Waals surface area contributed by atoms with Crippen molar-refractivity contribution in [3.63, 3.8) is 0 Å². The molecule has 0 saturated heterocycles. The van der Waals surface area contributed by atoms with Gasteiger partial charge >= 0.3 is 57.4 Å². The third kappa shape index (κ3) is 16.1. The first-order valence-corrected chi connectivity index (χ1v) is 6.72. The summed E-state index contributed by atoms with van der Waals surface area (Å²) in [5.41, 5.74) is 0. The number of hydrogen-bond acceptors (Lipinski definition) is 4. The summed E-state index contributed by atoms with van der Waals surface area (Å²) in [5, 5.41) is 0. The third-order valence-corrected chi connectivity index (χ3v) is 2.34. The van der Waals surface area contributed by atoms with E-state index in [0.717, 1.165) is 50.7 Å². The molecule has 0 amide bonds. The van der Waals surface area contributed by atoms with Crippen LogP contribution in [-0.4, -0.2) is 70.6 Å². The fourth-order valence-corrected chi connectivity index (χ4v) is 1.28. The number of ether oxygens (including phenoxy) is 2. The second-order valence-corrected chi connectivity index (χ2v) is 4.08. The molecule has 0 aliphatic carbocycles. The zero-order valence-electron chi connectivity index (χ0n) is 14.2. The van der Waals surface area contributed by atoms with E-state index in [9.17, 15) is 9.59 Å². The molecule has 5 heteroatoms. The molecule has 4 nitrogen and oxygen atoms in total. The third-order valence-electron chi connectivity index (χ3n) is 2.34. The van der Waals surface area contributed by atoms with Crippen LogP contribution in [0.5, 0.6) is 0 Å². The Morgan fingerprint density at radius 3 is 1.53 bits per heavy atom. The summed E-state index contributed by atoms with van der Waals surface area (Å²) in [4.78, 5) is 22.3. The van der Waals surface area contributed by atoms with E-state index in [4.69, 9.17) is 9.47 Å². The zero-order chi connectivity index (χ0) is 13.6. The number of hydrogen-bond donors (Lipinski definition) is 0. The first kappa shape index (κ1) is 21.5. The molecule has 0 bridgehead atoms. The van der Waals surface area contributed by atoms with Crippen LogP contribution in [0.15, 0.2) is 12.2 Å². The summed E-state index contributed by atoms with van der Waals surface area (Å²) in [6.07, 6.45) is 8.19. The van der Waals surface area contributed by atoms with E-state index in [1.54, 1.807) is 0 Å². The minimum Gasteiger partial charge on any atom is -1.00 e. The number of carbonyl (C=O) groups is 2. The van der Waals surface area contributed by atoms with Crippen molar-refractivity contribution in [3.8, 4) is 0 Å². The SMILES string of the molecule is CCCCCOC(=O)/C=C/C(=O)OCCCCC.[H-].[H-].[Sr+2]. The van der Waals surface area contributed by atoms with Gasteiger partial charge in [0.05, 0.1) is 13.2 Å². The number of rotatable bonds is 10. The van der Waals surface area contributed by atoms with Crippen LogP contribution >= 0.6 is 0 Å². The van der Waals surface area contributed by atoms with E-state index < -0.39 is 11.9 Å². The van der Waals surface area contributed by atoms with Crippen LogP contribution in [0.4, 0.5) is 0 Å². The van der Waals surface area contributed by atoms with Crippen LogP contribution in [0, 0.1) is 0 Å². The van der Waals surface area contributed by atoms with Gasteiger partial charge in [0, 0.05) is 12.2 Å². The average molecular weight is 346 g/mol. The summed E-state index contributed by atoms with van der Waals surface area (Å²) in [6.45, 7) is 4.97. The number of carbonyl (C=O) groups excluding carboxylic acids is 2. The van der Waals surface area contributed by atoms with Gasteiger partial charge in [0.2, 0.25) is 0 Å². The van der Waals surface area contributed by atoms with Crippen LogP contribution in [0.25, 0.3) is 0 Å². The Morgan fingerprint density at radius 1 is 0.842 bits per heavy atom. The molecule has 0 atom stereocenters. The molecule has 0 saturated carbocycles. The maximum Gasteiger partial charge on any atom is 2.00 e. The van der Waals surface area contributed by atoms with Crippen LogP contribution in [0.1, 0.15) is 55.2 Å². The Balaban J connectivity index is -0.000000482. The van der Waals surface area contributed by atoms with Gasteiger partial charge in [0.15, 0.2) is 0 Å². The first-order valence-electron chi connectivity index (χ1n) is 6.72. The summed E-state index contributed by atoms with van der Waals surface area (Å²) in [5.74, 6) is -0.978. The Hall–Kier alpha value is 0.161. The topological polar surface area (TPSA) is 52.6 Å². The molecule has 0 rings (SSSR count). The Bertz CT molecular complexity index is 248. The molecule has 108 valence electrons. The molecule has 0 aliphatic heterocycles. The molecule has 0 aromatic heterocycles. The summed E-state index contributed by atoms with van der Waals surface area (Å²) in [7, 11) is 0. The molecular weight excluding hydrogens is 320 g/mol. The second-order valence-electron chi connectivity index (χ2n) is 4.08. The van der Waals surface area contributed by atoms with Crippen LogP contribution in [0.3, 0.4) is 0 Å². The molecule has 0 radical (unpaired) electrons. The van der Waals surface area contributed by atoms with Crippen molar-refractivity contribution in [1.82, 2.24) is 0 Å². The number of unbranched alkanes of at least 4 members (excludes halogenated alkanes) is 4. The minimum absolute atomic E-state index is 0.